The van der Waals surface area contributed by atoms with Crippen molar-refractivity contribution in [2.45, 2.75) is 0 Å². The van der Waals surface area contributed by atoms with Gasteiger partial charge in [-0.1, -0.05) is 18.2 Å². The molecule has 0 atom stereocenters. The van der Waals surface area contributed by atoms with Crippen LogP contribution in [0.25, 0.3) is 21.8 Å². The van der Waals surface area contributed by atoms with Crippen molar-refractivity contribution in [3.8, 4) is 0 Å². The number of aromatic nitrogens is 2. The van der Waals surface area contributed by atoms with Gasteiger partial charge < -0.3 is 10.3 Å². The molecule has 4 nitrogen and oxygen atoms in total. The van der Waals surface area contributed by atoms with Crippen molar-refractivity contribution in [3.63, 3.8) is 0 Å². The van der Waals surface area contributed by atoms with E-state index in [1.165, 1.54) is 0 Å². The fourth-order valence-electron chi connectivity index (χ4n) is 2.52. The van der Waals surface area contributed by atoms with Gasteiger partial charge in [-0.25, -0.2) is 4.98 Å². The number of carbonyl (C=O) groups excluding carboxylic acids is 1. The van der Waals surface area contributed by atoms with E-state index in [1.54, 1.807) is 6.07 Å². The normalized spacial score (nSPS) is 10.9. The topological polar surface area (TPSA) is 57.8 Å². The molecule has 2 aromatic carbocycles. The molecule has 2 heterocycles. The lowest BCUT2D eigenvalue weighted by molar-refractivity contribution is 0.102. The average Bonchev–Trinajstić information content (AvgIpc) is 3.02. The third kappa shape index (κ3) is 2.20. The van der Waals surface area contributed by atoms with E-state index in [9.17, 15) is 4.79 Å². The number of H-pyrrole nitrogens is 1. The lowest BCUT2D eigenvalue weighted by Gasteiger charge is -2.06. The number of hydrogen-bond donors (Lipinski definition) is 2. The first kappa shape index (κ1) is 12.6. The molecule has 0 aliphatic heterocycles. The van der Waals surface area contributed by atoms with Gasteiger partial charge in [0.1, 0.15) is 5.82 Å². The van der Waals surface area contributed by atoms with Gasteiger partial charge in [-0.2, -0.15) is 0 Å². The fraction of sp³-hybridized carbons (Fsp3) is 0. The Hall–Kier alpha value is -3.14. The fourth-order valence-corrected chi connectivity index (χ4v) is 2.52. The Bertz CT molecular complexity index is 988. The largest absolute Gasteiger partial charge is 0.361 e. The number of pyridine rings is 1. The van der Waals surface area contributed by atoms with E-state index < -0.39 is 0 Å². The maximum absolute atomic E-state index is 12.4. The summed E-state index contributed by atoms with van der Waals surface area (Å²) in [4.78, 5) is 19.9. The molecule has 0 unspecified atom stereocenters. The summed E-state index contributed by atoms with van der Waals surface area (Å²) in [5.74, 6) is 0.392. The van der Waals surface area contributed by atoms with Gasteiger partial charge in [-0.15, -0.1) is 0 Å². The standard InChI is InChI=1S/C18H13N3O/c22-18(14-5-7-15-13(11-14)9-10-19-15)21-17-8-6-12-3-1-2-4-16(12)20-17/h1-11,19H,(H,20,21,22). The van der Waals surface area contributed by atoms with Crippen LogP contribution < -0.4 is 5.32 Å². The van der Waals surface area contributed by atoms with Crippen LogP contribution in [0.15, 0.2) is 66.9 Å². The maximum Gasteiger partial charge on any atom is 0.256 e. The Morgan fingerprint density at radius 1 is 0.955 bits per heavy atom. The summed E-state index contributed by atoms with van der Waals surface area (Å²) < 4.78 is 0. The van der Waals surface area contributed by atoms with Gasteiger partial charge in [0.25, 0.3) is 5.91 Å². The summed E-state index contributed by atoms with van der Waals surface area (Å²) in [5, 5.41) is 4.91. The molecule has 0 fully saturated rings. The highest BCUT2D eigenvalue weighted by Crippen LogP contribution is 2.17. The van der Waals surface area contributed by atoms with Crippen LogP contribution in [0.2, 0.25) is 0 Å². The second-order valence-electron chi connectivity index (χ2n) is 5.12. The molecule has 0 radical (unpaired) electrons. The second-order valence-corrected chi connectivity index (χ2v) is 5.12. The number of hydrogen-bond acceptors (Lipinski definition) is 2. The molecular formula is C18H13N3O. The monoisotopic (exact) mass is 287 g/mol. The molecule has 106 valence electrons. The van der Waals surface area contributed by atoms with Gasteiger partial charge in [0.05, 0.1) is 5.52 Å². The molecule has 0 aliphatic rings. The molecule has 2 N–H and O–H groups in total. The first-order valence-corrected chi connectivity index (χ1v) is 7.04. The van der Waals surface area contributed by atoms with Crippen molar-refractivity contribution >= 4 is 33.5 Å². The zero-order valence-electron chi connectivity index (χ0n) is 11.7. The number of amides is 1. The quantitative estimate of drug-likeness (QED) is 0.586. The lowest BCUT2D eigenvalue weighted by Crippen LogP contribution is -2.12. The highest BCUT2D eigenvalue weighted by molar-refractivity contribution is 6.06. The predicted octanol–water partition coefficient (Wildman–Crippen LogP) is 3.97. The van der Waals surface area contributed by atoms with Crippen LogP contribution in [0.1, 0.15) is 10.4 Å². The summed E-state index contributed by atoms with van der Waals surface area (Å²) >= 11 is 0. The van der Waals surface area contributed by atoms with Gasteiger partial charge in [0.15, 0.2) is 0 Å². The van der Waals surface area contributed by atoms with Crippen molar-refractivity contribution in [3.05, 3.63) is 72.4 Å². The minimum Gasteiger partial charge on any atom is -0.361 e. The number of nitrogens with one attached hydrogen (secondary N) is 2. The smallest absolute Gasteiger partial charge is 0.256 e. The number of carbonyl (C=O) groups is 1. The van der Waals surface area contributed by atoms with Crippen molar-refractivity contribution in [2.75, 3.05) is 5.32 Å². The minimum absolute atomic E-state index is 0.161. The highest BCUT2D eigenvalue weighted by Gasteiger charge is 2.08. The van der Waals surface area contributed by atoms with Gasteiger partial charge in [0.2, 0.25) is 0 Å². The van der Waals surface area contributed by atoms with E-state index in [1.807, 2.05) is 60.8 Å². The minimum atomic E-state index is -0.161. The zero-order chi connectivity index (χ0) is 14.9. The van der Waals surface area contributed by atoms with E-state index in [0.29, 0.717) is 11.4 Å². The number of benzene rings is 2. The van der Waals surface area contributed by atoms with Crippen LogP contribution in [-0.2, 0) is 0 Å². The van der Waals surface area contributed by atoms with E-state index in [-0.39, 0.29) is 5.91 Å². The predicted molar refractivity (Wildman–Crippen MR) is 88.0 cm³/mol. The van der Waals surface area contributed by atoms with E-state index in [0.717, 1.165) is 21.8 Å². The summed E-state index contributed by atoms with van der Waals surface area (Å²) in [6.07, 6.45) is 1.86. The van der Waals surface area contributed by atoms with Gasteiger partial charge in [-0.05, 0) is 42.5 Å². The van der Waals surface area contributed by atoms with Crippen molar-refractivity contribution in [1.82, 2.24) is 9.97 Å². The average molecular weight is 287 g/mol. The molecule has 0 spiro atoms. The Morgan fingerprint density at radius 2 is 1.86 bits per heavy atom. The number of aromatic amines is 1. The number of para-hydroxylation sites is 1. The molecule has 4 rings (SSSR count). The van der Waals surface area contributed by atoms with E-state index in [2.05, 4.69) is 15.3 Å². The third-order valence-corrected chi connectivity index (χ3v) is 3.66. The summed E-state index contributed by atoms with van der Waals surface area (Å²) in [5.41, 5.74) is 2.49. The van der Waals surface area contributed by atoms with Crippen LogP contribution in [0.4, 0.5) is 5.82 Å². The molecule has 22 heavy (non-hydrogen) atoms. The van der Waals surface area contributed by atoms with Crippen molar-refractivity contribution in [2.24, 2.45) is 0 Å². The third-order valence-electron chi connectivity index (χ3n) is 3.66. The molecule has 4 aromatic rings. The van der Waals surface area contributed by atoms with Crippen LogP contribution in [0.3, 0.4) is 0 Å². The Labute approximate surface area is 126 Å². The molecule has 1 amide bonds. The van der Waals surface area contributed by atoms with E-state index >= 15 is 0 Å². The highest BCUT2D eigenvalue weighted by atomic mass is 16.1. The number of rotatable bonds is 2. The zero-order valence-corrected chi connectivity index (χ0v) is 11.7. The first-order chi connectivity index (χ1) is 10.8. The summed E-state index contributed by atoms with van der Waals surface area (Å²) in [6.45, 7) is 0. The maximum atomic E-state index is 12.4. The van der Waals surface area contributed by atoms with Crippen LogP contribution in [0, 0.1) is 0 Å². The van der Waals surface area contributed by atoms with Gasteiger partial charge >= 0.3 is 0 Å². The molecule has 4 heteroatoms. The summed E-state index contributed by atoms with van der Waals surface area (Å²) in [7, 11) is 0. The lowest BCUT2D eigenvalue weighted by atomic mass is 10.1. The Morgan fingerprint density at radius 3 is 2.82 bits per heavy atom. The molecule has 0 bridgehead atoms. The SMILES string of the molecule is O=C(Nc1ccc2ccccc2n1)c1ccc2[nH]ccc2c1. The Balaban J connectivity index is 1.64. The van der Waals surface area contributed by atoms with Crippen LogP contribution in [0.5, 0.6) is 0 Å². The molecule has 0 saturated heterocycles. The van der Waals surface area contributed by atoms with Crippen molar-refractivity contribution in [1.29, 1.82) is 0 Å². The molecule has 0 saturated carbocycles. The van der Waals surface area contributed by atoms with E-state index in [4.69, 9.17) is 0 Å². The van der Waals surface area contributed by atoms with Gasteiger partial charge in [0, 0.05) is 28.0 Å². The molecule has 0 aliphatic carbocycles. The first-order valence-electron chi connectivity index (χ1n) is 7.04. The number of anilines is 1. The number of nitrogens with zero attached hydrogens (tertiary/aromatic N) is 1. The van der Waals surface area contributed by atoms with Crippen molar-refractivity contribution < 1.29 is 4.79 Å². The second kappa shape index (κ2) is 5.00. The Kier molecular flexibility index (Phi) is 2.86. The van der Waals surface area contributed by atoms with Gasteiger partial charge in [-0.3, -0.25) is 4.79 Å². The molecular weight excluding hydrogens is 274 g/mol. The summed E-state index contributed by atoms with van der Waals surface area (Å²) in [6, 6.07) is 19.1. The van der Waals surface area contributed by atoms with Crippen LogP contribution >= 0.6 is 0 Å². The van der Waals surface area contributed by atoms with Crippen LogP contribution in [-0.4, -0.2) is 15.9 Å². The number of fused-ring (bicyclic) bond motifs is 2. The molecule has 2 aromatic heterocycles.